The third-order valence-corrected chi connectivity index (χ3v) is 2.42. The number of rotatable bonds is 3. The zero-order valence-corrected chi connectivity index (χ0v) is 9.45. The zero-order chi connectivity index (χ0) is 11.5. The van der Waals surface area contributed by atoms with E-state index >= 15 is 0 Å². The normalized spacial score (nSPS) is 10.6. The number of nitrogens with zero attached hydrogens (tertiary/aromatic N) is 1. The minimum atomic E-state index is -0.277. The summed E-state index contributed by atoms with van der Waals surface area (Å²) in [5, 5.41) is 0. The second-order valence-electron chi connectivity index (χ2n) is 3.30. The number of oxazole rings is 1. The predicted octanol–water partition coefficient (Wildman–Crippen LogP) is 2.28. The van der Waals surface area contributed by atoms with Crippen molar-refractivity contribution >= 4 is 28.7 Å². The SMILES string of the molecule is COC(=O)Cc1ccc2oc(CCl)nc2c1. The minimum Gasteiger partial charge on any atom is -0.469 e. The Morgan fingerprint density at radius 3 is 3.06 bits per heavy atom. The van der Waals surface area contributed by atoms with Gasteiger partial charge in [0, 0.05) is 0 Å². The molecule has 0 N–H and O–H groups in total. The number of aromatic nitrogens is 1. The molecule has 0 atom stereocenters. The first kappa shape index (κ1) is 11.0. The van der Waals surface area contributed by atoms with Crippen LogP contribution in [0.2, 0.25) is 0 Å². The molecule has 0 radical (unpaired) electrons. The maximum Gasteiger partial charge on any atom is 0.309 e. The number of benzene rings is 1. The van der Waals surface area contributed by atoms with Gasteiger partial charge in [0.25, 0.3) is 0 Å². The lowest BCUT2D eigenvalue weighted by Crippen LogP contribution is -2.04. The number of ether oxygens (including phenoxy) is 1. The van der Waals surface area contributed by atoms with Gasteiger partial charge >= 0.3 is 5.97 Å². The first-order chi connectivity index (χ1) is 7.72. The molecule has 2 rings (SSSR count). The highest BCUT2D eigenvalue weighted by atomic mass is 35.5. The van der Waals surface area contributed by atoms with Crippen molar-refractivity contribution in [3.8, 4) is 0 Å². The quantitative estimate of drug-likeness (QED) is 0.609. The summed E-state index contributed by atoms with van der Waals surface area (Å²) in [6.07, 6.45) is 0.232. The number of hydrogen-bond acceptors (Lipinski definition) is 4. The van der Waals surface area contributed by atoms with Crippen molar-refractivity contribution in [3.05, 3.63) is 29.7 Å². The van der Waals surface area contributed by atoms with Crippen molar-refractivity contribution in [2.24, 2.45) is 0 Å². The molecule has 0 fully saturated rings. The molecule has 1 aromatic heterocycles. The van der Waals surface area contributed by atoms with Crippen molar-refractivity contribution in [3.63, 3.8) is 0 Å². The summed E-state index contributed by atoms with van der Waals surface area (Å²) in [7, 11) is 1.36. The number of methoxy groups -OCH3 is 1. The van der Waals surface area contributed by atoms with Gasteiger partial charge in [-0.3, -0.25) is 4.79 Å². The van der Waals surface area contributed by atoms with Crippen molar-refractivity contribution in [2.45, 2.75) is 12.3 Å². The molecule has 0 unspecified atom stereocenters. The van der Waals surface area contributed by atoms with Gasteiger partial charge in [0.15, 0.2) is 5.58 Å². The zero-order valence-electron chi connectivity index (χ0n) is 8.70. The molecular weight excluding hydrogens is 230 g/mol. The Hall–Kier alpha value is -1.55. The largest absolute Gasteiger partial charge is 0.469 e. The summed E-state index contributed by atoms with van der Waals surface area (Å²) < 4.78 is 9.93. The van der Waals surface area contributed by atoms with Gasteiger partial charge in [-0.1, -0.05) is 6.07 Å². The van der Waals surface area contributed by atoms with E-state index in [1.807, 2.05) is 6.07 Å². The lowest BCUT2D eigenvalue weighted by atomic mass is 10.1. The van der Waals surface area contributed by atoms with E-state index in [2.05, 4.69) is 9.72 Å². The fraction of sp³-hybridized carbons (Fsp3) is 0.273. The molecule has 1 aromatic carbocycles. The Balaban J connectivity index is 2.32. The molecule has 0 aliphatic carbocycles. The minimum absolute atomic E-state index is 0.232. The Morgan fingerprint density at radius 1 is 1.56 bits per heavy atom. The lowest BCUT2D eigenvalue weighted by Gasteiger charge is -1.98. The monoisotopic (exact) mass is 239 g/mol. The van der Waals surface area contributed by atoms with Crippen molar-refractivity contribution < 1.29 is 13.9 Å². The molecule has 0 saturated carbocycles. The lowest BCUT2D eigenvalue weighted by molar-refractivity contribution is -0.139. The van der Waals surface area contributed by atoms with E-state index in [0.29, 0.717) is 17.0 Å². The molecule has 0 aliphatic heterocycles. The number of hydrogen-bond donors (Lipinski definition) is 0. The van der Waals surface area contributed by atoms with E-state index in [9.17, 15) is 4.79 Å². The number of alkyl halides is 1. The number of esters is 1. The van der Waals surface area contributed by atoms with Gasteiger partial charge in [-0.25, -0.2) is 4.98 Å². The van der Waals surface area contributed by atoms with Crippen LogP contribution >= 0.6 is 11.6 Å². The highest BCUT2D eigenvalue weighted by Crippen LogP contribution is 2.18. The van der Waals surface area contributed by atoms with Crippen LogP contribution < -0.4 is 0 Å². The third-order valence-electron chi connectivity index (χ3n) is 2.19. The molecule has 2 aromatic rings. The molecule has 4 nitrogen and oxygen atoms in total. The van der Waals surface area contributed by atoms with Crippen LogP contribution in [0.3, 0.4) is 0 Å². The van der Waals surface area contributed by atoms with Gasteiger partial charge < -0.3 is 9.15 Å². The average molecular weight is 240 g/mol. The first-order valence-corrected chi connectivity index (χ1v) is 5.27. The molecule has 5 heteroatoms. The molecule has 1 heterocycles. The number of carbonyl (C=O) groups is 1. The smallest absolute Gasteiger partial charge is 0.309 e. The summed E-state index contributed by atoms with van der Waals surface area (Å²) in [5.41, 5.74) is 2.22. The first-order valence-electron chi connectivity index (χ1n) is 4.74. The summed E-state index contributed by atoms with van der Waals surface area (Å²) in [6, 6.07) is 5.38. The van der Waals surface area contributed by atoms with Gasteiger partial charge in [0.2, 0.25) is 5.89 Å². The van der Waals surface area contributed by atoms with Crippen LogP contribution in [0.1, 0.15) is 11.5 Å². The van der Waals surface area contributed by atoms with Crippen LogP contribution in [0.4, 0.5) is 0 Å². The highest BCUT2D eigenvalue weighted by Gasteiger charge is 2.08. The Kier molecular flexibility index (Phi) is 3.10. The van der Waals surface area contributed by atoms with Gasteiger partial charge in [0.05, 0.1) is 19.4 Å². The molecule has 0 spiro atoms. The number of halogens is 1. The fourth-order valence-electron chi connectivity index (χ4n) is 1.43. The van der Waals surface area contributed by atoms with Crippen LogP contribution in [0, 0.1) is 0 Å². The van der Waals surface area contributed by atoms with Gasteiger partial charge in [0.1, 0.15) is 5.52 Å². The van der Waals surface area contributed by atoms with Gasteiger partial charge in [-0.15, -0.1) is 11.6 Å². The van der Waals surface area contributed by atoms with Crippen LogP contribution in [-0.2, 0) is 21.8 Å². The maximum atomic E-state index is 11.1. The second kappa shape index (κ2) is 4.53. The standard InChI is InChI=1S/C11H10ClNO3/c1-15-11(14)5-7-2-3-9-8(4-7)13-10(6-12)16-9/h2-4H,5-6H2,1H3. The second-order valence-corrected chi connectivity index (χ2v) is 3.56. The molecule has 0 saturated heterocycles. The molecular formula is C11H10ClNO3. The average Bonchev–Trinajstić information content (AvgIpc) is 2.71. The number of carbonyl (C=O) groups excluding carboxylic acids is 1. The fourth-order valence-corrected chi connectivity index (χ4v) is 1.54. The highest BCUT2D eigenvalue weighted by molar-refractivity contribution is 6.16. The third kappa shape index (κ3) is 2.17. The predicted molar refractivity (Wildman–Crippen MR) is 59.3 cm³/mol. The van der Waals surface area contributed by atoms with Crippen LogP contribution in [0.5, 0.6) is 0 Å². The summed E-state index contributed by atoms with van der Waals surface area (Å²) >= 11 is 5.61. The van der Waals surface area contributed by atoms with E-state index in [1.165, 1.54) is 7.11 Å². The summed E-state index contributed by atoms with van der Waals surface area (Å²) in [6.45, 7) is 0. The van der Waals surface area contributed by atoms with Crippen LogP contribution in [0.15, 0.2) is 22.6 Å². The summed E-state index contributed by atoms with van der Waals surface area (Å²) in [5.74, 6) is 0.438. The topological polar surface area (TPSA) is 52.3 Å². The molecule has 16 heavy (non-hydrogen) atoms. The van der Waals surface area contributed by atoms with Crippen molar-refractivity contribution in [1.82, 2.24) is 4.98 Å². The Labute approximate surface area is 97.2 Å². The molecule has 0 amide bonds. The molecule has 84 valence electrons. The van der Waals surface area contributed by atoms with E-state index in [4.69, 9.17) is 16.0 Å². The molecule has 0 aliphatic rings. The van der Waals surface area contributed by atoms with Crippen LogP contribution in [0.25, 0.3) is 11.1 Å². The van der Waals surface area contributed by atoms with E-state index < -0.39 is 0 Å². The molecule has 0 bridgehead atoms. The Morgan fingerprint density at radius 2 is 2.38 bits per heavy atom. The van der Waals surface area contributed by atoms with Crippen LogP contribution in [-0.4, -0.2) is 18.1 Å². The summed E-state index contributed by atoms with van der Waals surface area (Å²) in [4.78, 5) is 15.3. The maximum absolute atomic E-state index is 11.1. The van der Waals surface area contributed by atoms with Crippen molar-refractivity contribution in [2.75, 3.05) is 7.11 Å². The van der Waals surface area contributed by atoms with Gasteiger partial charge in [-0.05, 0) is 17.7 Å². The van der Waals surface area contributed by atoms with Crippen molar-refractivity contribution in [1.29, 1.82) is 0 Å². The van der Waals surface area contributed by atoms with E-state index in [0.717, 1.165) is 5.56 Å². The van der Waals surface area contributed by atoms with E-state index in [1.54, 1.807) is 12.1 Å². The van der Waals surface area contributed by atoms with Gasteiger partial charge in [-0.2, -0.15) is 0 Å². The van der Waals surface area contributed by atoms with E-state index in [-0.39, 0.29) is 18.3 Å². The Bertz CT molecular complexity index is 521. The number of fused-ring (bicyclic) bond motifs is 1.